The van der Waals surface area contributed by atoms with Crippen molar-refractivity contribution in [1.29, 1.82) is 5.41 Å². The van der Waals surface area contributed by atoms with Gasteiger partial charge in [0, 0.05) is 18.3 Å². The molecular formula is C24H31N5O3. The van der Waals surface area contributed by atoms with Gasteiger partial charge in [-0.25, -0.2) is 9.69 Å². The zero-order valence-corrected chi connectivity index (χ0v) is 18.5. The van der Waals surface area contributed by atoms with Gasteiger partial charge >= 0.3 is 6.03 Å². The summed E-state index contributed by atoms with van der Waals surface area (Å²) in [5, 5.41) is 32.4. The predicted molar refractivity (Wildman–Crippen MR) is 124 cm³/mol. The first-order valence-electron chi connectivity index (χ1n) is 11.1. The van der Waals surface area contributed by atoms with Gasteiger partial charge in [0.1, 0.15) is 17.3 Å². The maximum atomic E-state index is 12.4. The fourth-order valence-electron chi connectivity index (χ4n) is 4.47. The number of nitrogens with two attached hydrogens (primary N) is 1. The highest BCUT2D eigenvalue weighted by Crippen LogP contribution is 2.35. The Morgan fingerprint density at radius 3 is 2.69 bits per heavy atom. The monoisotopic (exact) mass is 437 g/mol. The number of rotatable bonds is 6. The number of aromatic hydroxyl groups is 2. The third kappa shape index (κ3) is 4.10. The maximum absolute atomic E-state index is 12.4. The quantitative estimate of drug-likeness (QED) is 0.346. The second kappa shape index (κ2) is 8.70. The number of hydrogen-bond acceptors (Lipinski definition) is 6. The minimum atomic E-state index is -0.800. The van der Waals surface area contributed by atoms with Crippen molar-refractivity contribution in [3.05, 3.63) is 59.0 Å². The van der Waals surface area contributed by atoms with E-state index in [0.717, 1.165) is 42.4 Å². The summed E-state index contributed by atoms with van der Waals surface area (Å²) in [7, 11) is 0. The van der Waals surface area contributed by atoms with Crippen molar-refractivity contribution >= 4 is 11.9 Å². The van der Waals surface area contributed by atoms with E-state index < -0.39 is 6.03 Å². The SMILES string of the molecule is CC(C)c1cc(C(=N)N(C(N)=O)C2=CCC3C(=C2)C=CN3CCC2CNC2)c(O)cc1O. The molecule has 0 radical (unpaired) electrons. The van der Waals surface area contributed by atoms with Crippen molar-refractivity contribution in [2.24, 2.45) is 11.7 Å². The van der Waals surface area contributed by atoms with Crippen LogP contribution in [0.15, 0.2) is 47.8 Å². The van der Waals surface area contributed by atoms with Gasteiger partial charge in [-0.15, -0.1) is 0 Å². The lowest BCUT2D eigenvalue weighted by Gasteiger charge is -2.33. The molecule has 3 aliphatic rings. The topological polar surface area (TPSA) is 126 Å². The van der Waals surface area contributed by atoms with E-state index in [2.05, 4.69) is 16.4 Å². The summed E-state index contributed by atoms with van der Waals surface area (Å²) in [6.07, 6.45) is 9.80. The first-order valence-corrected chi connectivity index (χ1v) is 11.1. The van der Waals surface area contributed by atoms with Gasteiger partial charge in [0.25, 0.3) is 0 Å². The average Bonchev–Trinajstić information content (AvgIpc) is 3.08. The number of amides is 2. The molecule has 1 aromatic rings. The number of phenols is 2. The number of amidine groups is 1. The lowest BCUT2D eigenvalue weighted by Crippen LogP contribution is -2.44. The third-order valence-corrected chi connectivity index (χ3v) is 6.49. The second-order valence-corrected chi connectivity index (χ2v) is 9.00. The molecular weight excluding hydrogens is 406 g/mol. The molecule has 6 N–H and O–H groups in total. The molecule has 8 heteroatoms. The first-order chi connectivity index (χ1) is 15.3. The number of urea groups is 1. The number of benzene rings is 1. The van der Waals surface area contributed by atoms with Crippen molar-refractivity contribution < 1.29 is 15.0 Å². The Balaban J connectivity index is 1.55. The maximum Gasteiger partial charge on any atom is 0.325 e. The van der Waals surface area contributed by atoms with Crippen LogP contribution in [0.2, 0.25) is 0 Å². The Kier molecular flexibility index (Phi) is 5.97. The molecule has 0 bridgehead atoms. The highest BCUT2D eigenvalue weighted by Gasteiger charge is 2.31. The van der Waals surface area contributed by atoms with Crippen LogP contribution in [0.3, 0.4) is 0 Å². The number of phenolic OH excluding ortho intramolecular Hbond substituents is 2. The fourth-order valence-corrected chi connectivity index (χ4v) is 4.47. The Morgan fingerprint density at radius 1 is 1.31 bits per heavy atom. The highest BCUT2D eigenvalue weighted by molar-refractivity contribution is 6.09. The molecule has 4 rings (SSSR count). The molecule has 2 aliphatic heterocycles. The Morgan fingerprint density at radius 2 is 2.06 bits per heavy atom. The van der Waals surface area contributed by atoms with E-state index in [1.807, 2.05) is 32.1 Å². The number of primary amides is 1. The van der Waals surface area contributed by atoms with Gasteiger partial charge in [0.05, 0.1) is 11.6 Å². The number of carbonyl (C=O) groups is 1. The van der Waals surface area contributed by atoms with E-state index >= 15 is 0 Å². The standard InChI is InChI=1S/C24H31N5O3/c1-14(2)18-10-19(22(31)11-21(18)30)23(25)29(24(26)32)17-3-4-20-16(9-17)6-8-28(20)7-5-15-12-27-13-15/h3,6,8-11,14-15,20,25,27,30-31H,4-5,7,12-13H2,1-2H3,(H2,26,32). The molecule has 170 valence electrons. The molecule has 2 amide bonds. The molecule has 1 atom stereocenters. The smallest absolute Gasteiger partial charge is 0.325 e. The normalized spacial score (nSPS) is 20.0. The molecule has 32 heavy (non-hydrogen) atoms. The average molecular weight is 438 g/mol. The van der Waals surface area contributed by atoms with Crippen LogP contribution in [0, 0.1) is 11.3 Å². The van der Waals surface area contributed by atoms with Gasteiger partial charge in [-0.1, -0.05) is 19.9 Å². The summed E-state index contributed by atoms with van der Waals surface area (Å²) in [5.41, 5.74) is 7.98. The van der Waals surface area contributed by atoms with Crippen molar-refractivity contribution in [2.75, 3.05) is 19.6 Å². The van der Waals surface area contributed by atoms with Crippen molar-refractivity contribution in [1.82, 2.24) is 15.1 Å². The lowest BCUT2D eigenvalue weighted by molar-refractivity contribution is 0.236. The Bertz CT molecular complexity index is 1020. The van der Waals surface area contributed by atoms with Crippen LogP contribution in [0.1, 0.15) is 43.7 Å². The molecule has 1 saturated heterocycles. The minimum absolute atomic E-state index is 0.0220. The van der Waals surface area contributed by atoms with Crippen LogP contribution in [-0.4, -0.2) is 57.6 Å². The summed E-state index contributed by atoms with van der Waals surface area (Å²) in [5.74, 6) is 0.171. The third-order valence-electron chi connectivity index (χ3n) is 6.49. The molecule has 2 heterocycles. The molecule has 8 nitrogen and oxygen atoms in total. The summed E-state index contributed by atoms with van der Waals surface area (Å²) in [4.78, 5) is 15.8. The van der Waals surface area contributed by atoms with Gasteiger partial charge in [-0.3, -0.25) is 5.41 Å². The Labute approximate surface area is 188 Å². The van der Waals surface area contributed by atoms with Crippen LogP contribution in [-0.2, 0) is 0 Å². The van der Waals surface area contributed by atoms with Crippen molar-refractivity contribution in [3.8, 4) is 11.5 Å². The van der Waals surface area contributed by atoms with E-state index in [9.17, 15) is 15.0 Å². The molecule has 0 spiro atoms. The summed E-state index contributed by atoms with van der Waals surface area (Å²) >= 11 is 0. The summed E-state index contributed by atoms with van der Waals surface area (Å²) in [6.45, 7) is 6.97. The summed E-state index contributed by atoms with van der Waals surface area (Å²) < 4.78 is 0. The highest BCUT2D eigenvalue weighted by atomic mass is 16.3. The van der Waals surface area contributed by atoms with Gasteiger partial charge in [0.2, 0.25) is 0 Å². The second-order valence-electron chi connectivity index (χ2n) is 9.00. The van der Waals surface area contributed by atoms with Crippen LogP contribution >= 0.6 is 0 Å². The molecule has 1 aliphatic carbocycles. The van der Waals surface area contributed by atoms with Crippen LogP contribution in [0.5, 0.6) is 11.5 Å². The van der Waals surface area contributed by atoms with Gasteiger partial charge in [0.15, 0.2) is 0 Å². The number of fused-ring (bicyclic) bond motifs is 1. The lowest BCUT2D eigenvalue weighted by atomic mass is 9.95. The predicted octanol–water partition coefficient (Wildman–Crippen LogP) is 2.95. The van der Waals surface area contributed by atoms with E-state index in [4.69, 9.17) is 11.1 Å². The van der Waals surface area contributed by atoms with Crippen LogP contribution in [0.4, 0.5) is 4.79 Å². The number of carbonyl (C=O) groups excluding carboxylic acids is 1. The molecule has 0 saturated carbocycles. The van der Waals surface area contributed by atoms with E-state index in [-0.39, 0.29) is 34.9 Å². The number of hydrogen-bond donors (Lipinski definition) is 5. The van der Waals surface area contributed by atoms with E-state index in [1.54, 1.807) is 6.07 Å². The van der Waals surface area contributed by atoms with Crippen LogP contribution in [0.25, 0.3) is 0 Å². The van der Waals surface area contributed by atoms with Gasteiger partial charge in [-0.05, 0) is 73.3 Å². The minimum Gasteiger partial charge on any atom is -0.508 e. The molecule has 0 aromatic heterocycles. The Hall–Kier alpha value is -3.26. The first kappa shape index (κ1) is 22.0. The van der Waals surface area contributed by atoms with Gasteiger partial charge < -0.3 is 26.2 Å². The zero-order valence-electron chi connectivity index (χ0n) is 18.5. The largest absolute Gasteiger partial charge is 0.508 e. The molecule has 1 fully saturated rings. The van der Waals surface area contributed by atoms with E-state index in [0.29, 0.717) is 17.7 Å². The van der Waals surface area contributed by atoms with Crippen molar-refractivity contribution in [2.45, 2.75) is 38.6 Å². The van der Waals surface area contributed by atoms with Crippen molar-refractivity contribution in [3.63, 3.8) is 0 Å². The number of nitrogens with one attached hydrogen (secondary N) is 2. The number of allylic oxidation sites excluding steroid dienone is 1. The van der Waals surface area contributed by atoms with Gasteiger partial charge in [-0.2, -0.15) is 0 Å². The zero-order chi connectivity index (χ0) is 23.0. The summed E-state index contributed by atoms with van der Waals surface area (Å²) in [6, 6.07) is 2.17. The molecule has 1 aromatic carbocycles. The van der Waals surface area contributed by atoms with E-state index in [1.165, 1.54) is 6.07 Å². The van der Waals surface area contributed by atoms with Crippen LogP contribution < -0.4 is 11.1 Å². The number of nitrogens with zero attached hydrogens (tertiary/aromatic N) is 2. The molecule has 1 unspecified atom stereocenters. The fraction of sp³-hybridized carbons (Fsp3) is 0.417.